The number of carbonyl (C=O) groups excluding carboxylic acids is 1. The minimum absolute atomic E-state index is 0.279. The van der Waals surface area contributed by atoms with Gasteiger partial charge in [0.1, 0.15) is 17.5 Å². The van der Waals surface area contributed by atoms with Crippen molar-refractivity contribution in [2.75, 3.05) is 14.2 Å². The lowest BCUT2D eigenvalue weighted by Crippen LogP contribution is -2.40. The Morgan fingerprint density at radius 3 is 2.52 bits per heavy atom. The second-order valence-electron chi connectivity index (χ2n) is 4.57. The molecule has 0 fully saturated rings. The topological polar surface area (TPSA) is 84.9 Å². The number of hydrogen-bond donors (Lipinski definition) is 2. The zero-order chi connectivity index (χ0) is 15.8. The van der Waals surface area contributed by atoms with Gasteiger partial charge in [0.05, 0.1) is 19.8 Å². The van der Waals surface area contributed by atoms with E-state index >= 15 is 0 Å². The highest BCUT2D eigenvalue weighted by Gasteiger charge is 2.22. The predicted octanol–water partition coefficient (Wildman–Crippen LogP) is 2.08. The first kappa shape index (κ1) is 16.8. The average Bonchev–Trinajstić information content (AvgIpc) is 2.50. The summed E-state index contributed by atoms with van der Waals surface area (Å²) in [7, 11) is 2.96. The molecule has 6 heteroatoms. The van der Waals surface area contributed by atoms with Gasteiger partial charge >= 0.3 is 5.97 Å². The Labute approximate surface area is 124 Å². The number of hydrogen-bond acceptors (Lipinski definition) is 4. The normalized spacial score (nSPS) is 11.6. The third kappa shape index (κ3) is 4.66. The van der Waals surface area contributed by atoms with E-state index in [0.29, 0.717) is 17.9 Å². The molecular weight excluding hydrogens is 274 g/mol. The van der Waals surface area contributed by atoms with Crippen LogP contribution in [0.1, 0.15) is 36.5 Å². The van der Waals surface area contributed by atoms with Crippen molar-refractivity contribution in [2.24, 2.45) is 0 Å². The Kier molecular flexibility index (Phi) is 6.52. The van der Waals surface area contributed by atoms with Crippen molar-refractivity contribution in [1.82, 2.24) is 5.32 Å². The number of aliphatic carboxylic acids is 1. The number of benzene rings is 1. The highest BCUT2D eigenvalue weighted by Crippen LogP contribution is 2.24. The van der Waals surface area contributed by atoms with E-state index in [2.05, 4.69) is 5.32 Å². The van der Waals surface area contributed by atoms with Crippen molar-refractivity contribution in [3.8, 4) is 11.5 Å². The number of carboxylic acids is 1. The number of carboxylic acid groups (broad SMARTS) is 1. The van der Waals surface area contributed by atoms with Gasteiger partial charge in [0, 0.05) is 6.07 Å². The summed E-state index contributed by atoms with van der Waals surface area (Å²) in [5.41, 5.74) is 0.279. The number of carbonyl (C=O) groups is 2. The minimum atomic E-state index is -1.04. The number of amides is 1. The van der Waals surface area contributed by atoms with Gasteiger partial charge in [-0.25, -0.2) is 4.79 Å². The average molecular weight is 295 g/mol. The molecule has 21 heavy (non-hydrogen) atoms. The van der Waals surface area contributed by atoms with E-state index in [9.17, 15) is 9.59 Å². The molecule has 2 N–H and O–H groups in total. The Balaban J connectivity index is 2.89. The maximum atomic E-state index is 12.2. The Bertz CT molecular complexity index is 501. The molecule has 0 bridgehead atoms. The minimum Gasteiger partial charge on any atom is -0.497 e. The lowest BCUT2D eigenvalue weighted by Gasteiger charge is -2.16. The molecule has 0 aliphatic rings. The van der Waals surface area contributed by atoms with Gasteiger partial charge in [0.25, 0.3) is 5.91 Å². The molecule has 0 radical (unpaired) electrons. The number of ether oxygens (including phenoxy) is 2. The summed E-state index contributed by atoms with van der Waals surface area (Å²) in [6.07, 6.45) is 2.00. The molecule has 0 saturated heterocycles. The highest BCUT2D eigenvalue weighted by molar-refractivity contribution is 5.99. The van der Waals surface area contributed by atoms with Crippen LogP contribution in [0.25, 0.3) is 0 Å². The Morgan fingerprint density at radius 2 is 2.00 bits per heavy atom. The summed E-state index contributed by atoms with van der Waals surface area (Å²) in [6, 6.07) is 3.85. The molecular formula is C15H21NO5. The molecule has 0 aliphatic carbocycles. The quantitative estimate of drug-likeness (QED) is 0.767. The lowest BCUT2D eigenvalue weighted by atomic mass is 10.1. The summed E-state index contributed by atoms with van der Waals surface area (Å²) >= 11 is 0. The van der Waals surface area contributed by atoms with Crippen LogP contribution in [0.3, 0.4) is 0 Å². The molecule has 116 valence electrons. The van der Waals surface area contributed by atoms with E-state index in [4.69, 9.17) is 14.6 Å². The molecule has 1 amide bonds. The maximum absolute atomic E-state index is 12.2. The summed E-state index contributed by atoms with van der Waals surface area (Å²) in [4.78, 5) is 23.4. The standard InChI is InChI=1S/C15H21NO5/c1-4-5-6-12(15(18)19)16-14(17)11-8-7-10(20-2)9-13(11)21-3/h7-9,12H,4-6H2,1-3H3,(H,16,17)(H,18,19). The smallest absolute Gasteiger partial charge is 0.326 e. The monoisotopic (exact) mass is 295 g/mol. The first-order chi connectivity index (χ1) is 10.0. The van der Waals surface area contributed by atoms with Crippen LogP contribution in [0, 0.1) is 0 Å². The molecule has 1 unspecified atom stereocenters. The third-order valence-corrected chi connectivity index (χ3v) is 3.10. The molecule has 0 heterocycles. The fourth-order valence-corrected chi connectivity index (χ4v) is 1.89. The number of nitrogens with one attached hydrogen (secondary N) is 1. The van der Waals surface area contributed by atoms with E-state index in [-0.39, 0.29) is 5.56 Å². The zero-order valence-electron chi connectivity index (χ0n) is 12.5. The van der Waals surface area contributed by atoms with Crippen molar-refractivity contribution in [3.63, 3.8) is 0 Å². The van der Waals surface area contributed by atoms with Gasteiger partial charge in [0.15, 0.2) is 0 Å². The van der Waals surface area contributed by atoms with Gasteiger partial charge in [0.2, 0.25) is 0 Å². The Hall–Kier alpha value is -2.24. The van der Waals surface area contributed by atoms with E-state index in [1.165, 1.54) is 14.2 Å². The van der Waals surface area contributed by atoms with Crippen LogP contribution in [-0.2, 0) is 4.79 Å². The van der Waals surface area contributed by atoms with Crippen molar-refractivity contribution in [1.29, 1.82) is 0 Å². The molecule has 0 spiro atoms. The molecule has 0 aromatic heterocycles. The van der Waals surface area contributed by atoms with Crippen molar-refractivity contribution in [3.05, 3.63) is 23.8 Å². The summed E-state index contributed by atoms with van der Waals surface area (Å²) in [5.74, 6) is -0.613. The van der Waals surface area contributed by atoms with E-state index in [0.717, 1.165) is 12.8 Å². The summed E-state index contributed by atoms with van der Waals surface area (Å²) < 4.78 is 10.2. The first-order valence-corrected chi connectivity index (χ1v) is 6.79. The highest BCUT2D eigenvalue weighted by atomic mass is 16.5. The fraction of sp³-hybridized carbons (Fsp3) is 0.467. The molecule has 6 nitrogen and oxygen atoms in total. The largest absolute Gasteiger partial charge is 0.497 e. The molecule has 0 aliphatic heterocycles. The van der Waals surface area contributed by atoms with Gasteiger partial charge in [-0.05, 0) is 18.6 Å². The van der Waals surface area contributed by atoms with Crippen molar-refractivity contribution < 1.29 is 24.2 Å². The number of methoxy groups -OCH3 is 2. The second-order valence-corrected chi connectivity index (χ2v) is 4.57. The summed E-state index contributed by atoms with van der Waals surface area (Å²) in [6.45, 7) is 1.97. The van der Waals surface area contributed by atoms with Crippen LogP contribution < -0.4 is 14.8 Å². The molecule has 1 aromatic rings. The van der Waals surface area contributed by atoms with E-state index in [1.54, 1.807) is 18.2 Å². The number of rotatable bonds is 8. The molecule has 1 rings (SSSR count). The van der Waals surface area contributed by atoms with Crippen molar-refractivity contribution >= 4 is 11.9 Å². The van der Waals surface area contributed by atoms with Gasteiger partial charge in [-0.2, -0.15) is 0 Å². The van der Waals surface area contributed by atoms with E-state index < -0.39 is 17.9 Å². The van der Waals surface area contributed by atoms with Gasteiger partial charge in [-0.1, -0.05) is 19.8 Å². The van der Waals surface area contributed by atoms with Crippen LogP contribution >= 0.6 is 0 Å². The second kappa shape index (κ2) is 8.14. The van der Waals surface area contributed by atoms with Gasteiger partial charge < -0.3 is 19.9 Å². The Morgan fingerprint density at radius 1 is 1.29 bits per heavy atom. The fourth-order valence-electron chi connectivity index (χ4n) is 1.89. The first-order valence-electron chi connectivity index (χ1n) is 6.79. The van der Waals surface area contributed by atoms with Crippen LogP contribution in [0.2, 0.25) is 0 Å². The molecule has 1 atom stereocenters. The van der Waals surface area contributed by atoms with Gasteiger partial charge in [-0.3, -0.25) is 4.79 Å². The van der Waals surface area contributed by atoms with Crippen LogP contribution in [0.5, 0.6) is 11.5 Å². The van der Waals surface area contributed by atoms with Crippen LogP contribution in [0.4, 0.5) is 0 Å². The van der Waals surface area contributed by atoms with Crippen molar-refractivity contribution in [2.45, 2.75) is 32.2 Å². The molecule has 1 aromatic carbocycles. The molecule has 0 saturated carbocycles. The predicted molar refractivity (Wildman–Crippen MR) is 78.0 cm³/mol. The van der Waals surface area contributed by atoms with Gasteiger partial charge in [-0.15, -0.1) is 0 Å². The SMILES string of the molecule is CCCCC(NC(=O)c1ccc(OC)cc1OC)C(=O)O. The van der Waals surface area contributed by atoms with Crippen LogP contribution in [0.15, 0.2) is 18.2 Å². The maximum Gasteiger partial charge on any atom is 0.326 e. The third-order valence-electron chi connectivity index (χ3n) is 3.10. The van der Waals surface area contributed by atoms with E-state index in [1.807, 2.05) is 6.92 Å². The zero-order valence-corrected chi connectivity index (χ0v) is 12.5. The summed E-state index contributed by atoms with van der Waals surface area (Å²) in [5, 5.41) is 11.7. The van der Waals surface area contributed by atoms with Crippen LogP contribution in [-0.4, -0.2) is 37.2 Å². The number of unbranched alkanes of at least 4 members (excludes halogenated alkanes) is 1. The lowest BCUT2D eigenvalue weighted by molar-refractivity contribution is -0.139.